The molecule has 0 atom stereocenters. The van der Waals surface area contributed by atoms with Gasteiger partial charge in [0.1, 0.15) is 0 Å². The molecular formula is C11H11FN2. The summed E-state index contributed by atoms with van der Waals surface area (Å²) in [6, 6.07) is 8.05. The Morgan fingerprint density at radius 2 is 2.14 bits per heavy atom. The number of benzene rings is 1. The summed E-state index contributed by atoms with van der Waals surface area (Å²) in [6.45, 7) is 2.71. The maximum atomic E-state index is 12.6. The topological polar surface area (TPSA) is 17.8 Å². The van der Waals surface area contributed by atoms with E-state index in [1.54, 1.807) is 4.57 Å². The Bertz CT molecular complexity index is 434. The van der Waals surface area contributed by atoms with Crippen LogP contribution in [0.5, 0.6) is 0 Å². The number of aromatic nitrogens is 2. The Morgan fingerprint density at radius 1 is 1.36 bits per heavy atom. The fourth-order valence-electron chi connectivity index (χ4n) is 1.40. The Hall–Kier alpha value is -1.64. The van der Waals surface area contributed by atoms with Gasteiger partial charge in [-0.25, -0.2) is 4.98 Å². The van der Waals surface area contributed by atoms with Crippen molar-refractivity contribution in [1.29, 1.82) is 0 Å². The number of halogens is 1. The van der Waals surface area contributed by atoms with Crippen LogP contribution in [0.15, 0.2) is 36.8 Å². The highest BCUT2D eigenvalue weighted by Gasteiger charge is 1.99. The predicted molar refractivity (Wildman–Crippen MR) is 52.5 cm³/mol. The molecule has 2 nitrogen and oxygen atoms in total. The Labute approximate surface area is 82.0 Å². The monoisotopic (exact) mass is 190 g/mol. The minimum atomic E-state index is -0.432. The van der Waals surface area contributed by atoms with E-state index in [2.05, 4.69) is 4.98 Å². The average Bonchev–Trinajstić information content (AvgIpc) is 2.56. The van der Waals surface area contributed by atoms with E-state index in [-0.39, 0.29) is 0 Å². The van der Waals surface area contributed by atoms with Crippen molar-refractivity contribution < 1.29 is 4.39 Å². The van der Waals surface area contributed by atoms with E-state index in [0.717, 1.165) is 0 Å². The molecule has 3 heteroatoms. The SMILES string of the molecule is Cc1ccccc1Cn1cnc(F)c1. The zero-order valence-electron chi connectivity index (χ0n) is 7.94. The van der Waals surface area contributed by atoms with Crippen LogP contribution in [0.1, 0.15) is 11.1 Å². The number of aryl methyl sites for hydroxylation is 1. The van der Waals surface area contributed by atoms with Gasteiger partial charge in [-0.05, 0) is 18.1 Å². The summed E-state index contributed by atoms with van der Waals surface area (Å²) >= 11 is 0. The molecule has 14 heavy (non-hydrogen) atoms. The van der Waals surface area contributed by atoms with Crippen molar-refractivity contribution in [1.82, 2.24) is 9.55 Å². The lowest BCUT2D eigenvalue weighted by Crippen LogP contribution is -1.98. The van der Waals surface area contributed by atoms with Gasteiger partial charge >= 0.3 is 0 Å². The summed E-state index contributed by atoms with van der Waals surface area (Å²) in [5.41, 5.74) is 2.39. The van der Waals surface area contributed by atoms with Crippen molar-refractivity contribution in [2.75, 3.05) is 0 Å². The second kappa shape index (κ2) is 3.62. The lowest BCUT2D eigenvalue weighted by atomic mass is 10.1. The van der Waals surface area contributed by atoms with Crippen LogP contribution in [0.3, 0.4) is 0 Å². The van der Waals surface area contributed by atoms with E-state index in [4.69, 9.17) is 0 Å². The summed E-state index contributed by atoms with van der Waals surface area (Å²) < 4.78 is 14.3. The number of nitrogens with zero attached hydrogens (tertiary/aromatic N) is 2. The van der Waals surface area contributed by atoms with Gasteiger partial charge in [0.2, 0.25) is 5.95 Å². The standard InChI is InChI=1S/C11H11FN2/c1-9-4-2-3-5-10(9)6-14-7-11(12)13-8-14/h2-5,7-8H,6H2,1H3. The van der Waals surface area contributed by atoms with Crippen molar-refractivity contribution in [2.45, 2.75) is 13.5 Å². The Morgan fingerprint density at radius 3 is 2.79 bits per heavy atom. The summed E-state index contributed by atoms with van der Waals surface area (Å²) in [5.74, 6) is -0.432. The molecule has 1 aromatic carbocycles. The second-order valence-corrected chi connectivity index (χ2v) is 3.30. The van der Waals surface area contributed by atoms with E-state index < -0.39 is 5.95 Å². The molecule has 1 aromatic heterocycles. The van der Waals surface area contributed by atoms with Gasteiger partial charge in [0.15, 0.2) is 0 Å². The predicted octanol–water partition coefficient (Wildman–Crippen LogP) is 2.38. The van der Waals surface area contributed by atoms with Gasteiger partial charge in [-0.1, -0.05) is 24.3 Å². The van der Waals surface area contributed by atoms with Gasteiger partial charge in [-0.2, -0.15) is 4.39 Å². The lowest BCUT2D eigenvalue weighted by molar-refractivity contribution is 0.588. The summed E-state index contributed by atoms with van der Waals surface area (Å²) in [4.78, 5) is 3.54. The molecule has 0 saturated carbocycles. The molecule has 0 fully saturated rings. The maximum absolute atomic E-state index is 12.6. The summed E-state index contributed by atoms with van der Waals surface area (Å²) in [7, 11) is 0. The van der Waals surface area contributed by atoms with Crippen molar-refractivity contribution in [3.63, 3.8) is 0 Å². The number of rotatable bonds is 2. The number of hydrogen-bond acceptors (Lipinski definition) is 1. The molecule has 72 valence electrons. The molecule has 2 aromatic rings. The zero-order chi connectivity index (χ0) is 9.97. The zero-order valence-corrected chi connectivity index (χ0v) is 7.94. The highest BCUT2D eigenvalue weighted by molar-refractivity contribution is 5.25. The van der Waals surface area contributed by atoms with Crippen LogP contribution in [0.25, 0.3) is 0 Å². The molecule has 0 N–H and O–H groups in total. The van der Waals surface area contributed by atoms with E-state index in [1.165, 1.54) is 23.7 Å². The first-order valence-electron chi connectivity index (χ1n) is 4.47. The van der Waals surface area contributed by atoms with Crippen LogP contribution in [0.2, 0.25) is 0 Å². The van der Waals surface area contributed by atoms with E-state index in [1.807, 2.05) is 31.2 Å². The molecule has 0 aliphatic rings. The van der Waals surface area contributed by atoms with Gasteiger partial charge in [0, 0.05) is 6.54 Å². The molecule has 0 bridgehead atoms. The van der Waals surface area contributed by atoms with Crippen molar-refractivity contribution in [2.24, 2.45) is 0 Å². The highest BCUT2D eigenvalue weighted by Crippen LogP contribution is 2.09. The Kier molecular flexibility index (Phi) is 2.31. The second-order valence-electron chi connectivity index (χ2n) is 3.30. The molecule has 0 aliphatic heterocycles. The summed E-state index contributed by atoms with van der Waals surface area (Å²) in [6.07, 6.45) is 2.90. The van der Waals surface area contributed by atoms with Gasteiger partial charge in [-0.3, -0.25) is 0 Å². The quantitative estimate of drug-likeness (QED) is 0.711. The van der Waals surface area contributed by atoms with Gasteiger partial charge < -0.3 is 4.57 Å². The first-order chi connectivity index (χ1) is 6.75. The highest BCUT2D eigenvalue weighted by atomic mass is 19.1. The van der Waals surface area contributed by atoms with Gasteiger partial charge in [0.05, 0.1) is 12.5 Å². The largest absolute Gasteiger partial charge is 0.330 e. The minimum Gasteiger partial charge on any atom is -0.330 e. The van der Waals surface area contributed by atoms with Gasteiger partial charge in [0.25, 0.3) is 0 Å². The van der Waals surface area contributed by atoms with E-state index in [9.17, 15) is 4.39 Å². The smallest absolute Gasteiger partial charge is 0.230 e. The molecule has 0 aliphatic carbocycles. The Balaban J connectivity index is 2.23. The van der Waals surface area contributed by atoms with Crippen molar-refractivity contribution >= 4 is 0 Å². The van der Waals surface area contributed by atoms with E-state index in [0.29, 0.717) is 6.54 Å². The molecule has 0 unspecified atom stereocenters. The fraction of sp³-hybridized carbons (Fsp3) is 0.182. The third-order valence-corrected chi connectivity index (χ3v) is 2.22. The molecule has 0 amide bonds. The normalized spacial score (nSPS) is 10.4. The van der Waals surface area contributed by atoms with Crippen LogP contribution in [-0.4, -0.2) is 9.55 Å². The summed E-state index contributed by atoms with van der Waals surface area (Å²) in [5, 5.41) is 0. The van der Waals surface area contributed by atoms with E-state index >= 15 is 0 Å². The van der Waals surface area contributed by atoms with Crippen LogP contribution in [0, 0.1) is 12.9 Å². The molecule has 1 heterocycles. The molecule has 2 rings (SSSR count). The lowest BCUT2D eigenvalue weighted by Gasteiger charge is -2.05. The van der Waals surface area contributed by atoms with Crippen LogP contribution < -0.4 is 0 Å². The van der Waals surface area contributed by atoms with Crippen molar-refractivity contribution in [3.05, 3.63) is 53.9 Å². The maximum Gasteiger partial charge on any atom is 0.230 e. The minimum absolute atomic E-state index is 0.432. The first-order valence-corrected chi connectivity index (χ1v) is 4.47. The fourth-order valence-corrected chi connectivity index (χ4v) is 1.40. The first kappa shape index (κ1) is 8.94. The molecule has 0 spiro atoms. The molecular weight excluding hydrogens is 179 g/mol. The number of imidazole rings is 1. The molecule has 0 radical (unpaired) electrons. The van der Waals surface area contributed by atoms with Crippen LogP contribution >= 0.6 is 0 Å². The third-order valence-electron chi connectivity index (χ3n) is 2.22. The third kappa shape index (κ3) is 1.82. The van der Waals surface area contributed by atoms with Gasteiger partial charge in [-0.15, -0.1) is 0 Å². The molecule has 0 saturated heterocycles. The van der Waals surface area contributed by atoms with Crippen LogP contribution in [-0.2, 0) is 6.54 Å². The van der Waals surface area contributed by atoms with Crippen LogP contribution in [0.4, 0.5) is 4.39 Å². The average molecular weight is 190 g/mol. The number of hydrogen-bond donors (Lipinski definition) is 0. The van der Waals surface area contributed by atoms with Crippen molar-refractivity contribution in [3.8, 4) is 0 Å².